The van der Waals surface area contributed by atoms with Crippen LogP contribution in [0.2, 0.25) is 0 Å². The summed E-state index contributed by atoms with van der Waals surface area (Å²) in [5, 5.41) is 2.88. The molecule has 0 saturated heterocycles. The highest BCUT2D eigenvalue weighted by Gasteiger charge is 2.35. The van der Waals surface area contributed by atoms with Crippen LogP contribution in [0.5, 0.6) is 0 Å². The number of rotatable bonds is 6. The number of para-hydroxylation sites is 1. The van der Waals surface area contributed by atoms with Crippen LogP contribution in [0.15, 0.2) is 77.3 Å². The summed E-state index contributed by atoms with van der Waals surface area (Å²) < 4.78 is 0.746. The molecule has 1 aliphatic heterocycles. The van der Waals surface area contributed by atoms with Gasteiger partial charge in [0.1, 0.15) is 0 Å². The molecule has 1 heterocycles. The zero-order chi connectivity index (χ0) is 22.7. The number of imide groups is 1. The number of urea groups is 1. The molecule has 0 aliphatic carbocycles. The number of nitrogens with zero attached hydrogens (tertiary/aromatic N) is 2. The Balaban J connectivity index is 1.39. The molecule has 3 aromatic carbocycles. The number of fused-ring (bicyclic) bond motifs is 1. The number of hydrogen-bond donors (Lipinski definition) is 2. The maximum absolute atomic E-state index is 13.0. The highest BCUT2D eigenvalue weighted by molar-refractivity contribution is 9.10. The monoisotopic (exact) mass is 492 g/mol. The Labute approximate surface area is 193 Å². The zero-order valence-electron chi connectivity index (χ0n) is 17.1. The van der Waals surface area contributed by atoms with Crippen molar-refractivity contribution in [3.63, 3.8) is 0 Å². The molecule has 32 heavy (non-hydrogen) atoms. The predicted molar refractivity (Wildman–Crippen MR) is 127 cm³/mol. The molecule has 0 bridgehead atoms. The van der Waals surface area contributed by atoms with Crippen LogP contribution in [0.4, 0.5) is 21.9 Å². The first-order valence-electron chi connectivity index (χ1n) is 10.1. The Morgan fingerprint density at radius 2 is 1.56 bits per heavy atom. The van der Waals surface area contributed by atoms with Crippen molar-refractivity contribution < 1.29 is 14.4 Å². The zero-order valence-corrected chi connectivity index (χ0v) is 18.7. The van der Waals surface area contributed by atoms with Crippen LogP contribution >= 0.6 is 15.9 Å². The maximum atomic E-state index is 13.0. The molecule has 0 fully saturated rings. The Morgan fingerprint density at radius 1 is 0.906 bits per heavy atom. The molecular weight excluding hydrogens is 472 g/mol. The third kappa shape index (κ3) is 4.36. The Kier molecular flexibility index (Phi) is 6.23. The summed E-state index contributed by atoms with van der Waals surface area (Å²) in [6.07, 6.45) is 0.433. The van der Waals surface area contributed by atoms with Crippen molar-refractivity contribution in [3.05, 3.63) is 88.4 Å². The topological polar surface area (TPSA) is 95.7 Å². The van der Waals surface area contributed by atoms with E-state index in [4.69, 9.17) is 5.73 Å². The van der Waals surface area contributed by atoms with Gasteiger partial charge in [0.05, 0.1) is 22.5 Å². The van der Waals surface area contributed by atoms with Gasteiger partial charge in [-0.1, -0.05) is 34.1 Å². The van der Waals surface area contributed by atoms with Crippen molar-refractivity contribution in [2.75, 3.05) is 23.7 Å². The second kappa shape index (κ2) is 9.23. The fourth-order valence-corrected chi connectivity index (χ4v) is 3.92. The Bertz CT molecular complexity index is 1170. The number of halogens is 1. The first-order chi connectivity index (χ1) is 15.5. The Morgan fingerprint density at radius 3 is 2.28 bits per heavy atom. The minimum absolute atomic E-state index is 0.220. The summed E-state index contributed by atoms with van der Waals surface area (Å²) in [5.41, 5.74) is 8.57. The van der Waals surface area contributed by atoms with Crippen LogP contribution in [0.1, 0.15) is 27.1 Å². The van der Waals surface area contributed by atoms with Crippen molar-refractivity contribution >= 4 is 50.8 Å². The lowest BCUT2D eigenvalue weighted by atomic mass is 10.1. The molecule has 0 atom stereocenters. The molecule has 0 spiro atoms. The van der Waals surface area contributed by atoms with E-state index in [2.05, 4.69) is 21.2 Å². The lowest BCUT2D eigenvalue weighted by Gasteiger charge is -2.24. The van der Waals surface area contributed by atoms with Crippen molar-refractivity contribution in [2.24, 2.45) is 0 Å². The van der Waals surface area contributed by atoms with Gasteiger partial charge in [-0.3, -0.25) is 19.4 Å². The van der Waals surface area contributed by atoms with Crippen LogP contribution in [-0.4, -0.2) is 35.8 Å². The minimum atomic E-state index is -0.314. The van der Waals surface area contributed by atoms with Gasteiger partial charge in [-0.05, 0) is 61.0 Å². The van der Waals surface area contributed by atoms with Crippen molar-refractivity contribution in [3.8, 4) is 0 Å². The minimum Gasteiger partial charge on any atom is -0.399 e. The number of nitrogens with two attached hydrogens (primary N) is 1. The van der Waals surface area contributed by atoms with Crippen LogP contribution in [0.25, 0.3) is 0 Å². The van der Waals surface area contributed by atoms with Gasteiger partial charge in [-0.2, -0.15) is 0 Å². The third-order valence-electron chi connectivity index (χ3n) is 5.14. The summed E-state index contributed by atoms with van der Waals surface area (Å²) in [5.74, 6) is -0.623. The highest BCUT2D eigenvalue weighted by atomic mass is 79.9. The molecule has 162 valence electrons. The maximum Gasteiger partial charge on any atom is 0.326 e. The molecule has 0 aromatic heterocycles. The molecule has 1 aliphatic rings. The molecule has 7 nitrogen and oxygen atoms in total. The predicted octanol–water partition coefficient (Wildman–Crippen LogP) is 4.57. The summed E-state index contributed by atoms with van der Waals surface area (Å²) in [4.78, 5) is 40.9. The summed E-state index contributed by atoms with van der Waals surface area (Å²) >= 11 is 3.33. The summed E-state index contributed by atoms with van der Waals surface area (Å²) in [6.45, 7) is 0.520. The van der Waals surface area contributed by atoms with Crippen LogP contribution in [0.3, 0.4) is 0 Å². The van der Waals surface area contributed by atoms with Gasteiger partial charge in [-0.15, -0.1) is 0 Å². The van der Waals surface area contributed by atoms with E-state index in [0.717, 1.165) is 4.47 Å². The standard InChI is InChI=1S/C24H21BrN4O3/c25-16-7-12-20-21(15-16)23(31)28(22(20)30)14-4-13-27-24(32)29(18-5-2-1-3-6-18)19-10-8-17(26)9-11-19/h1-3,5-12,15H,4,13-14,26H2,(H,27,32). The van der Waals surface area contributed by atoms with Crippen molar-refractivity contribution in [2.45, 2.75) is 6.42 Å². The average molecular weight is 493 g/mol. The van der Waals surface area contributed by atoms with Crippen molar-refractivity contribution in [1.29, 1.82) is 0 Å². The molecule has 4 rings (SSSR count). The van der Waals surface area contributed by atoms with Crippen LogP contribution in [0, 0.1) is 0 Å². The second-order valence-electron chi connectivity index (χ2n) is 7.30. The van der Waals surface area contributed by atoms with Gasteiger partial charge in [0.2, 0.25) is 0 Å². The third-order valence-corrected chi connectivity index (χ3v) is 5.63. The van der Waals surface area contributed by atoms with Gasteiger partial charge >= 0.3 is 6.03 Å². The van der Waals surface area contributed by atoms with Gasteiger partial charge < -0.3 is 11.1 Å². The fourth-order valence-electron chi connectivity index (χ4n) is 3.56. The van der Waals surface area contributed by atoms with Gasteiger partial charge in [0, 0.05) is 23.2 Å². The number of nitrogen functional groups attached to an aromatic ring is 1. The summed E-state index contributed by atoms with van der Waals surface area (Å²) in [7, 11) is 0. The van der Waals surface area contributed by atoms with Crippen LogP contribution in [-0.2, 0) is 0 Å². The fraction of sp³-hybridized carbons (Fsp3) is 0.125. The Hall–Kier alpha value is -3.65. The number of benzene rings is 3. The molecule has 4 amide bonds. The normalized spacial score (nSPS) is 12.6. The molecule has 8 heteroatoms. The quantitative estimate of drug-likeness (QED) is 0.299. The largest absolute Gasteiger partial charge is 0.399 e. The lowest BCUT2D eigenvalue weighted by molar-refractivity contribution is 0.0653. The molecule has 0 unspecified atom stereocenters. The number of amides is 4. The van der Waals surface area contributed by atoms with Gasteiger partial charge in [0.15, 0.2) is 0 Å². The molecule has 3 N–H and O–H groups in total. The number of hydrogen-bond acceptors (Lipinski definition) is 4. The summed E-state index contributed by atoms with van der Waals surface area (Å²) in [6, 6.07) is 21.0. The van der Waals surface area contributed by atoms with E-state index in [1.165, 1.54) is 4.90 Å². The smallest absolute Gasteiger partial charge is 0.326 e. The van der Waals surface area contributed by atoms with Gasteiger partial charge in [0.25, 0.3) is 11.8 Å². The molecule has 0 saturated carbocycles. The average Bonchev–Trinajstić information content (AvgIpc) is 3.03. The first kappa shape index (κ1) is 21.6. The number of anilines is 3. The number of carbonyl (C=O) groups excluding carboxylic acids is 3. The molecule has 3 aromatic rings. The lowest BCUT2D eigenvalue weighted by Crippen LogP contribution is -2.39. The van der Waals surface area contributed by atoms with E-state index in [9.17, 15) is 14.4 Å². The van der Waals surface area contributed by atoms with Crippen LogP contribution < -0.4 is 16.0 Å². The molecular formula is C24H21BrN4O3. The van der Waals surface area contributed by atoms with E-state index >= 15 is 0 Å². The first-order valence-corrected chi connectivity index (χ1v) is 10.9. The second-order valence-corrected chi connectivity index (χ2v) is 8.22. The SMILES string of the molecule is Nc1ccc(N(C(=O)NCCCN2C(=O)c3ccc(Br)cc3C2=O)c2ccccc2)cc1. The highest BCUT2D eigenvalue weighted by Crippen LogP contribution is 2.27. The van der Waals surface area contributed by atoms with E-state index in [1.54, 1.807) is 47.4 Å². The number of nitrogens with one attached hydrogen (secondary N) is 1. The molecule has 0 radical (unpaired) electrons. The van der Waals surface area contributed by atoms with E-state index < -0.39 is 0 Å². The van der Waals surface area contributed by atoms with E-state index in [1.807, 2.05) is 30.3 Å². The van der Waals surface area contributed by atoms with Crippen molar-refractivity contribution in [1.82, 2.24) is 10.2 Å². The van der Waals surface area contributed by atoms with Gasteiger partial charge in [-0.25, -0.2) is 4.79 Å². The van der Waals surface area contributed by atoms with E-state index in [-0.39, 0.29) is 24.4 Å². The number of carbonyl (C=O) groups is 3. The van der Waals surface area contributed by atoms with E-state index in [0.29, 0.717) is 41.2 Å².